The first-order chi connectivity index (χ1) is 7.18. The summed E-state index contributed by atoms with van der Waals surface area (Å²) < 4.78 is 12.7. The summed E-state index contributed by atoms with van der Waals surface area (Å²) in [4.78, 5) is 13.1. The fourth-order valence-electron chi connectivity index (χ4n) is 1.73. The highest BCUT2D eigenvalue weighted by atomic mass is 19.1. The van der Waals surface area contributed by atoms with Crippen LogP contribution in [-0.4, -0.2) is 23.7 Å². The Bertz CT molecular complexity index is 363. The second kappa shape index (κ2) is 3.98. The van der Waals surface area contributed by atoms with Crippen molar-refractivity contribution < 1.29 is 14.3 Å². The van der Waals surface area contributed by atoms with Crippen LogP contribution in [0, 0.1) is 5.82 Å². The Kier molecular flexibility index (Phi) is 2.68. The molecule has 2 rings (SSSR count). The first-order valence-corrected chi connectivity index (χ1v) is 4.93. The molecule has 1 aromatic rings. The van der Waals surface area contributed by atoms with Crippen molar-refractivity contribution in [2.45, 2.75) is 18.9 Å². The molecule has 3 nitrogen and oxygen atoms in total. The number of hydrogen-bond acceptors (Lipinski definition) is 2. The Labute approximate surface area is 87.1 Å². The van der Waals surface area contributed by atoms with Crippen molar-refractivity contribution in [1.82, 2.24) is 0 Å². The fraction of sp³-hybridized carbons (Fsp3) is 0.364. The molecule has 1 N–H and O–H groups in total. The maximum absolute atomic E-state index is 12.7. The molecule has 1 amide bonds. The van der Waals surface area contributed by atoms with E-state index in [2.05, 4.69) is 0 Å². The Morgan fingerprint density at radius 2 is 2.00 bits per heavy atom. The lowest BCUT2D eigenvalue weighted by Gasteiger charge is -2.29. The normalized spacial score (nSPS) is 21.9. The molecule has 1 saturated heterocycles. The number of hydrogen-bond donors (Lipinski definition) is 1. The predicted octanol–water partition coefficient (Wildman–Crippen LogP) is 1.31. The van der Waals surface area contributed by atoms with Gasteiger partial charge in [-0.1, -0.05) is 0 Å². The molecular formula is C11H12FNO2. The van der Waals surface area contributed by atoms with Crippen molar-refractivity contribution in [2.75, 3.05) is 11.4 Å². The van der Waals surface area contributed by atoms with Gasteiger partial charge in [0.25, 0.3) is 5.91 Å². The van der Waals surface area contributed by atoms with E-state index in [9.17, 15) is 14.3 Å². The minimum Gasteiger partial charge on any atom is -0.383 e. The van der Waals surface area contributed by atoms with Gasteiger partial charge in [0.1, 0.15) is 11.9 Å². The van der Waals surface area contributed by atoms with Crippen molar-refractivity contribution in [3.63, 3.8) is 0 Å². The summed E-state index contributed by atoms with van der Waals surface area (Å²) in [6, 6.07) is 5.71. The van der Waals surface area contributed by atoms with Crippen molar-refractivity contribution in [1.29, 1.82) is 0 Å². The van der Waals surface area contributed by atoms with E-state index < -0.39 is 6.10 Å². The number of anilines is 1. The predicted molar refractivity (Wildman–Crippen MR) is 54.0 cm³/mol. The Balaban J connectivity index is 2.22. The number of amides is 1. The standard InChI is InChI=1S/C11H12FNO2/c12-8-3-5-9(6-4-8)13-7-1-2-10(14)11(13)15/h3-6,10,14H,1-2,7H2. The van der Waals surface area contributed by atoms with E-state index in [1.54, 1.807) is 12.1 Å². The summed E-state index contributed by atoms with van der Waals surface area (Å²) in [5, 5.41) is 9.40. The molecule has 15 heavy (non-hydrogen) atoms. The third kappa shape index (κ3) is 1.99. The van der Waals surface area contributed by atoms with E-state index >= 15 is 0 Å². The number of carbonyl (C=O) groups excluding carboxylic acids is 1. The Morgan fingerprint density at radius 3 is 2.67 bits per heavy atom. The van der Waals surface area contributed by atoms with Crippen LogP contribution in [-0.2, 0) is 4.79 Å². The summed E-state index contributed by atoms with van der Waals surface area (Å²) in [5.41, 5.74) is 0.639. The third-order valence-electron chi connectivity index (χ3n) is 2.55. The lowest BCUT2D eigenvalue weighted by molar-refractivity contribution is -0.128. The van der Waals surface area contributed by atoms with Crippen molar-refractivity contribution in [2.24, 2.45) is 0 Å². The van der Waals surface area contributed by atoms with Gasteiger partial charge in [-0.05, 0) is 37.1 Å². The summed E-state index contributed by atoms with van der Waals surface area (Å²) in [6.45, 7) is 0.585. The van der Waals surface area contributed by atoms with Crippen LogP contribution in [0.3, 0.4) is 0 Å². The maximum Gasteiger partial charge on any atom is 0.255 e. The molecule has 1 heterocycles. The van der Waals surface area contributed by atoms with Crippen LogP contribution in [0.4, 0.5) is 10.1 Å². The number of carbonyl (C=O) groups is 1. The molecule has 1 fully saturated rings. The first kappa shape index (κ1) is 10.1. The monoisotopic (exact) mass is 209 g/mol. The molecule has 0 saturated carbocycles. The molecule has 1 unspecified atom stereocenters. The molecule has 4 heteroatoms. The van der Waals surface area contributed by atoms with Gasteiger partial charge in [-0.3, -0.25) is 4.79 Å². The van der Waals surface area contributed by atoms with Gasteiger partial charge in [-0.25, -0.2) is 4.39 Å². The van der Waals surface area contributed by atoms with Gasteiger partial charge in [-0.2, -0.15) is 0 Å². The second-order valence-corrected chi connectivity index (χ2v) is 3.62. The van der Waals surface area contributed by atoms with Crippen LogP contribution in [0.15, 0.2) is 24.3 Å². The topological polar surface area (TPSA) is 40.5 Å². The maximum atomic E-state index is 12.7. The number of halogens is 1. The first-order valence-electron chi connectivity index (χ1n) is 4.93. The molecule has 1 atom stereocenters. The second-order valence-electron chi connectivity index (χ2n) is 3.62. The molecule has 0 aliphatic carbocycles. The largest absolute Gasteiger partial charge is 0.383 e. The number of aliphatic hydroxyl groups is 1. The highest BCUT2D eigenvalue weighted by Crippen LogP contribution is 2.21. The van der Waals surface area contributed by atoms with E-state index in [0.717, 1.165) is 6.42 Å². The van der Waals surface area contributed by atoms with Gasteiger partial charge in [0, 0.05) is 12.2 Å². The zero-order valence-electron chi connectivity index (χ0n) is 8.19. The Morgan fingerprint density at radius 1 is 1.33 bits per heavy atom. The molecule has 1 aliphatic rings. The zero-order valence-corrected chi connectivity index (χ0v) is 8.19. The van der Waals surface area contributed by atoms with E-state index in [-0.39, 0.29) is 11.7 Å². The van der Waals surface area contributed by atoms with E-state index in [4.69, 9.17) is 0 Å². The highest BCUT2D eigenvalue weighted by Gasteiger charge is 2.27. The number of piperidine rings is 1. The van der Waals surface area contributed by atoms with E-state index in [1.165, 1.54) is 17.0 Å². The molecule has 0 radical (unpaired) electrons. The number of benzene rings is 1. The molecule has 0 aromatic heterocycles. The van der Waals surface area contributed by atoms with Crippen LogP contribution in [0.5, 0.6) is 0 Å². The molecule has 0 bridgehead atoms. The van der Waals surface area contributed by atoms with Gasteiger partial charge in [0.15, 0.2) is 0 Å². The van der Waals surface area contributed by atoms with Crippen LogP contribution in [0.25, 0.3) is 0 Å². The minimum absolute atomic E-state index is 0.298. The molecule has 1 aromatic carbocycles. The van der Waals surface area contributed by atoms with Crippen LogP contribution < -0.4 is 4.90 Å². The SMILES string of the molecule is O=C1C(O)CCCN1c1ccc(F)cc1. The van der Waals surface area contributed by atoms with Gasteiger partial charge in [0.05, 0.1) is 0 Å². The summed E-state index contributed by atoms with van der Waals surface area (Å²) >= 11 is 0. The van der Waals surface area contributed by atoms with Gasteiger partial charge in [-0.15, -0.1) is 0 Å². The number of rotatable bonds is 1. The van der Waals surface area contributed by atoms with Crippen molar-refractivity contribution >= 4 is 11.6 Å². The number of aliphatic hydroxyl groups excluding tert-OH is 1. The highest BCUT2D eigenvalue weighted by molar-refractivity contribution is 5.97. The zero-order chi connectivity index (χ0) is 10.8. The van der Waals surface area contributed by atoms with Gasteiger partial charge >= 0.3 is 0 Å². The third-order valence-corrected chi connectivity index (χ3v) is 2.55. The van der Waals surface area contributed by atoms with Crippen molar-refractivity contribution in [3.8, 4) is 0 Å². The average Bonchev–Trinajstić information content (AvgIpc) is 2.24. The summed E-state index contributed by atoms with van der Waals surface area (Å²) in [7, 11) is 0. The number of nitrogens with zero attached hydrogens (tertiary/aromatic N) is 1. The fourth-order valence-corrected chi connectivity index (χ4v) is 1.73. The quantitative estimate of drug-likeness (QED) is 0.757. The van der Waals surface area contributed by atoms with Gasteiger partial charge < -0.3 is 10.0 Å². The average molecular weight is 209 g/mol. The molecule has 1 aliphatic heterocycles. The van der Waals surface area contributed by atoms with Crippen molar-refractivity contribution in [3.05, 3.63) is 30.1 Å². The molecule has 80 valence electrons. The van der Waals surface area contributed by atoms with Crippen LogP contribution >= 0.6 is 0 Å². The Hall–Kier alpha value is -1.42. The lowest BCUT2D eigenvalue weighted by Crippen LogP contribution is -2.44. The van der Waals surface area contributed by atoms with Crippen LogP contribution in [0.2, 0.25) is 0 Å². The smallest absolute Gasteiger partial charge is 0.255 e. The summed E-state index contributed by atoms with van der Waals surface area (Å²) in [6.07, 6.45) is 0.365. The lowest BCUT2D eigenvalue weighted by atomic mass is 10.1. The summed E-state index contributed by atoms with van der Waals surface area (Å²) in [5.74, 6) is -0.628. The minimum atomic E-state index is -0.913. The molecule has 0 spiro atoms. The van der Waals surface area contributed by atoms with Gasteiger partial charge in [0.2, 0.25) is 0 Å². The molecular weight excluding hydrogens is 197 g/mol. The van der Waals surface area contributed by atoms with E-state index in [1.807, 2.05) is 0 Å². The van der Waals surface area contributed by atoms with Crippen LogP contribution in [0.1, 0.15) is 12.8 Å². The van der Waals surface area contributed by atoms with E-state index in [0.29, 0.717) is 18.7 Å².